The molecular formula is C13H14BrFN4O. The maximum atomic E-state index is 13.4. The quantitative estimate of drug-likeness (QED) is 0.895. The number of aromatic nitrogens is 2. The number of rotatable bonds is 4. The Morgan fingerprint density at radius 3 is 2.80 bits per heavy atom. The van der Waals surface area contributed by atoms with E-state index >= 15 is 0 Å². The number of benzene rings is 1. The van der Waals surface area contributed by atoms with E-state index in [0.29, 0.717) is 28.2 Å². The molecule has 0 spiro atoms. The van der Waals surface area contributed by atoms with E-state index in [2.05, 4.69) is 31.2 Å². The summed E-state index contributed by atoms with van der Waals surface area (Å²) in [7, 11) is 1.48. The first-order valence-corrected chi connectivity index (χ1v) is 6.66. The molecule has 0 amide bonds. The van der Waals surface area contributed by atoms with Crippen LogP contribution in [0.15, 0.2) is 22.7 Å². The van der Waals surface area contributed by atoms with Crippen LogP contribution in [-0.2, 0) is 6.54 Å². The Morgan fingerprint density at radius 2 is 2.15 bits per heavy atom. The number of nitrogens with one attached hydrogen (secondary N) is 1. The molecule has 0 aliphatic rings. The lowest BCUT2D eigenvalue weighted by Crippen LogP contribution is -2.08. The molecule has 0 aliphatic carbocycles. The molecule has 0 radical (unpaired) electrons. The average molecular weight is 341 g/mol. The summed E-state index contributed by atoms with van der Waals surface area (Å²) in [5.74, 6) is 0.159. The zero-order valence-corrected chi connectivity index (χ0v) is 12.7. The highest BCUT2D eigenvalue weighted by Crippen LogP contribution is 2.22. The molecule has 0 unspecified atom stereocenters. The van der Waals surface area contributed by atoms with Crippen LogP contribution in [0.5, 0.6) is 6.01 Å². The Labute approximate surface area is 124 Å². The Balaban J connectivity index is 2.18. The Morgan fingerprint density at radius 1 is 1.40 bits per heavy atom. The van der Waals surface area contributed by atoms with Crippen molar-refractivity contribution in [3.63, 3.8) is 0 Å². The van der Waals surface area contributed by atoms with Crippen LogP contribution in [0.4, 0.5) is 15.9 Å². The van der Waals surface area contributed by atoms with Crippen LogP contribution >= 0.6 is 15.9 Å². The van der Waals surface area contributed by atoms with Gasteiger partial charge in [0.1, 0.15) is 5.82 Å². The second-order valence-electron chi connectivity index (χ2n) is 4.16. The molecule has 1 aromatic carbocycles. The molecule has 0 aliphatic heterocycles. The van der Waals surface area contributed by atoms with Crippen molar-refractivity contribution >= 4 is 27.4 Å². The predicted octanol–water partition coefficient (Wildman–Crippen LogP) is 2.89. The summed E-state index contributed by atoms with van der Waals surface area (Å²) in [4.78, 5) is 8.20. The van der Waals surface area contributed by atoms with Crippen LogP contribution in [-0.4, -0.2) is 17.1 Å². The van der Waals surface area contributed by atoms with E-state index in [1.165, 1.54) is 13.2 Å². The minimum atomic E-state index is -0.311. The van der Waals surface area contributed by atoms with Crippen molar-refractivity contribution < 1.29 is 9.13 Å². The fourth-order valence-electron chi connectivity index (χ4n) is 1.62. The van der Waals surface area contributed by atoms with Crippen LogP contribution in [0, 0.1) is 12.7 Å². The number of nitrogens with zero attached hydrogens (tertiary/aromatic N) is 2. The lowest BCUT2D eigenvalue weighted by Gasteiger charge is -2.11. The number of nitrogen functional groups attached to an aromatic ring is 1. The molecule has 2 rings (SSSR count). The summed E-state index contributed by atoms with van der Waals surface area (Å²) in [5.41, 5.74) is 7.75. The molecule has 7 heteroatoms. The van der Waals surface area contributed by atoms with Crippen molar-refractivity contribution in [1.82, 2.24) is 9.97 Å². The van der Waals surface area contributed by atoms with Gasteiger partial charge in [-0.15, -0.1) is 0 Å². The molecule has 0 saturated heterocycles. The highest BCUT2D eigenvalue weighted by atomic mass is 79.9. The second-order valence-corrected chi connectivity index (χ2v) is 5.01. The fourth-order valence-corrected chi connectivity index (χ4v) is 1.86. The van der Waals surface area contributed by atoms with E-state index in [9.17, 15) is 4.39 Å². The molecule has 0 saturated carbocycles. The monoisotopic (exact) mass is 340 g/mol. The molecule has 0 atom stereocenters. The van der Waals surface area contributed by atoms with E-state index in [-0.39, 0.29) is 11.8 Å². The van der Waals surface area contributed by atoms with Gasteiger partial charge in [0.2, 0.25) is 0 Å². The van der Waals surface area contributed by atoms with Crippen LogP contribution in [0.25, 0.3) is 0 Å². The fraction of sp³-hybridized carbons (Fsp3) is 0.231. The third kappa shape index (κ3) is 3.16. The summed E-state index contributed by atoms with van der Waals surface area (Å²) in [5, 5.41) is 3.05. The summed E-state index contributed by atoms with van der Waals surface area (Å²) in [6.45, 7) is 2.16. The predicted molar refractivity (Wildman–Crippen MR) is 79.2 cm³/mol. The van der Waals surface area contributed by atoms with Crippen LogP contribution in [0.1, 0.15) is 11.3 Å². The van der Waals surface area contributed by atoms with Gasteiger partial charge in [0.15, 0.2) is 5.82 Å². The van der Waals surface area contributed by atoms with Gasteiger partial charge in [-0.1, -0.05) is 6.07 Å². The molecule has 3 N–H and O–H groups in total. The number of methoxy groups -OCH3 is 1. The van der Waals surface area contributed by atoms with Crippen molar-refractivity contribution in [2.24, 2.45) is 0 Å². The van der Waals surface area contributed by atoms with Crippen molar-refractivity contribution in [3.05, 3.63) is 39.7 Å². The van der Waals surface area contributed by atoms with Gasteiger partial charge in [-0.25, -0.2) is 4.39 Å². The Kier molecular flexibility index (Phi) is 4.39. The van der Waals surface area contributed by atoms with Gasteiger partial charge in [-0.05, 0) is 40.5 Å². The van der Waals surface area contributed by atoms with Gasteiger partial charge in [0, 0.05) is 6.54 Å². The van der Waals surface area contributed by atoms with Gasteiger partial charge >= 0.3 is 6.01 Å². The number of halogens is 2. The van der Waals surface area contributed by atoms with Gasteiger partial charge in [-0.2, -0.15) is 9.97 Å². The number of ether oxygens (including phenoxy) is 1. The minimum absolute atomic E-state index is 0.237. The number of hydrogen-bond donors (Lipinski definition) is 2. The van der Waals surface area contributed by atoms with Crippen molar-refractivity contribution in [3.8, 4) is 6.01 Å². The average Bonchev–Trinajstić information content (AvgIpc) is 2.44. The molecule has 1 aromatic heterocycles. The molecule has 20 heavy (non-hydrogen) atoms. The van der Waals surface area contributed by atoms with Gasteiger partial charge < -0.3 is 15.8 Å². The van der Waals surface area contributed by atoms with E-state index in [4.69, 9.17) is 10.5 Å². The Bertz CT molecular complexity index is 636. The summed E-state index contributed by atoms with van der Waals surface area (Å²) in [6, 6.07) is 5.14. The second kappa shape index (κ2) is 6.04. The lowest BCUT2D eigenvalue weighted by molar-refractivity contribution is 0.379. The molecule has 0 bridgehead atoms. The molecule has 2 aromatic rings. The smallest absolute Gasteiger partial charge is 0.318 e. The molecule has 106 valence electrons. The van der Waals surface area contributed by atoms with Gasteiger partial charge in [0.05, 0.1) is 23.0 Å². The first-order chi connectivity index (χ1) is 9.51. The highest BCUT2D eigenvalue weighted by molar-refractivity contribution is 9.10. The zero-order valence-electron chi connectivity index (χ0n) is 11.1. The number of anilines is 2. The van der Waals surface area contributed by atoms with Crippen molar-refractivity contribution in [2.45, 2.75) is 13.5 Å². The topological polar surface area (TPSA) is 73.1 Å². The Hall–Kier alpha value is -1.89. The summed E-state index contributed by atoms with van der Waals surface area (Å²) in [6.07, 6.45) is 0. The third-order valence-electron chi connectivity index (χ3n) is 2.74. The van der Waals surface area contributed by atoms with Gasteiger partial charge in [0.25, 0.3) is 0 Å². The first kappa shape index (κ1) is 14.5. The molecule has 0 fully saturated rings. The van der Waals surface area contributed by atoms with Crippen LogP contribution in [0.3, 0.4) is 0 Å². The normalized spacial score (nSPS) is 10.4. The van der Waals surface area contributed by atoms with E-state index in [1.807, 2.05) is 6.07 Å². The van der Waals surface area contributed by atoms with Gasteiger partial charge in [-0.3, -0.25) is 0 Å². The maximum absolute atomic E-state index is 13.4. The molecular weight excluding hydrogens is 327 g/mol. The standard InChI is InChI=1S/C13H14BrFN4O/c1-7-11(16)12(19-13(18-7)20-2)17-6-8-3-4-9(14)10(15)5-8/h3-5H,6,16H2,1-2H3,(H,17,18,19). The minimum Gasteiger partial charge on any atom is -0.467 e. The lowest BCUT2D eigenvalue weighted by atomic mass is 10.2. The van der Waals surface area contributed by atoms with Crippen LogP contribution < -0.4 is 15.8 Å². The molecule has 1 heterocycles. The van der Waals surface area contributed by atoms with Crippen molar-refractivity contribution in [2.75, 3.05) is 18.2 Å². The third-order valence-corrected chi connectivity index (χ3v) is 3.39. The van der Waals surface area contributed by atoms with Crippen molar-refractivity contribution in [1.29, 1.82) is 0 Å². The van der Waals surface area contributed by atoms with E-state index in [1.54, 1.807) is 13.0 Å². The largest absolute Gasteiger partial charge is 0.467 e. The highest BCUT2D eigenvalue weighted by Gasteiger charge is 2.09. The zero-order chi connectivity index (χ0) is 14.7. The summed E-state index contributed by atoms with van der Waals surface area (Å²) < 4.78 is 18.8. The van der Waals surface area contributed by atoms with E-state index < -0.39 is 0 Å². The maximum Gasteiger partial charge on any atom is 0.318 e. The number of nitrogens with two attached hydrogens (primary N) is 1. The number of aryl methyl sites for hydroxylation is 1. The first-order valence-electron chi connectivity index (χ1n) is 5.87. The van der Waals surface area contributed by atoms with Crippen LogP contribution in [0.2, 0.25) is 0 Å². The molecule has 5 nitrogen and oxygen atoms in total. The number of hydrogen-bond acceptors (Lipinski definition) is 5. The van der Waals surface area contributed by atoms with E-state index in [0.717, 1.165) is 5.56 Å². The summed E-state index contributed by atoms with van der Waals surface area (Å²) >= 11 is 3.11. The SMILES string of the molecule is COc1nc(C)c(N)c(NCc2ccc(Br)c(F)c2)n1.